The van der Waals surface area contributed by atoms with E-state index in [0.717, 1.165) is 48.8 Å². The number of hydrogen-bond donors (Lipinski definition) is 0. The summed E-state index contributed by atoms with van der Waals surface area (Å²) in [6.07, 6.45) is 11.1. The molecule has 3 heterocycles. The number of rotatable bonds is 5. The first kappa shape index (κ1) is 19.3. The molecule has 1 saturated carbocycles. The van der Waals surface area contributed by atoms with Crippen LogP contribution in [0.1, 0.15) is 38.5 Å². The van der Waals surface area contributed by atoms with Gasteiger partial charge in [-0.15, -0.1) is 0 Å². The summed E-state index contributed by atoms with van der Waals surface area (Å²) in [5.41, 5.74) is 2.77. The number of ether oxygens (including phenoxy) is 2. The van der Waals surface area contributed by atoms with Crippen LogP contribution in [0.3, 0.4) is 0 Å². The summed E-state index contributed by atoms with van der Waals surface area (Å²) >= 11 is 0. The minimum absolute atomic E-state index is 0.202. The van der Waals surface area contributed by atoms with Crippen molar-refractivity contribution in [1.29, 1.82) is 0 Å². The van der Waals surface area contributed by atoms with E-state index in [0.29, 0.717) is 19.2 Å². The van der Waals surface area contributed by atoms with E-state index in [9.17, 15) is 4.79 Å². The Morgan fingerprint density at radius 2 is 1.60 bits per heavy atom. The van der Waals surface area contributed by atoms with Crippen LogP contribution in [-0.4, -0.2) is 59.3 Å². The maximum atomic E-state index is 11.7. The molecule has 7 heteroatoms. The Kier molecular flexibility index (Phi) is 5.53. The average molecular weight is 409 g/mol. The molecule has 0 atom stereocenters. The van der Waals surface area contributed by atoms with Gasteiger partial charge >= 0.3 is 12.1 Å². The second-order valence-corrected chi connectivity index (χ2v) is 8.36. The zero-order valence-electron chi connectivity index (χ0n) is 17.2. The second kappa shape index (κ2) is 8.60. The molecule has 30 heavy (non-hydrogen) atoms. The Morgan fingerprint density at radius 1 is 0.900 bits per heavy atom. The van der Waals surface area contributed by atoms with Crippen LogP contribution in [0.2, 0.25) is 0 Å². The van der Waals surface area contributed by atoms with Gasteiger partial charge in [-0.25, -0.2) is 14.8 Å². The number of aromatic nitrogens is 2. The first-order valence-electron chi connectivity index (χ1n) is 11.0. The highest BCUT2D eigenvalue weighted by Crippen LogP contribution is 2.28. The molecule has 1 aromatic heterocycles. The van der Waals surface area contributed by atoms with Gasteiger partial charge in [-0.1, -0.05) is 25.0 Å². The Hall–Kier alpha value is -2.67. The highest BCUT2D eigenvalue weighted by molar-refractivity contribution is 5.89. The maximum Gasteiger partial charge on any atom is 0.414 e. The summed E-state index contributed by atoms with van der Waals surface area (Å²) in [5.74, 6) is 0. The normalized spacial score (nSPS) is 21.2. The van der Waals surface area contributed by atoms with Crippen molar-refractivity contribution in [2.24, 2.45) is 0 Å². The van der Waals surface area contributed by atoms with Gasteiger partial charge in [0.15, 0.2) is 0 Å². The van der Waals surface area contributed by atoms with Crippen LogP contribution in [0.5, 0.6) is 6.01 Å². The quantitative estimate of drug-likeness (QED) is 0.748. The molecule has 0 radical (unpaired) electrons. The fourth-order valence-electron chi connectivity index (χ4n) is 4.77. The number of cyclic esters (lactones) is 1. The van der Waals surface area contributed by atoms with E-state index < -0.39 is 0 Å². The van der Waals surface area contributed by atoms with E-state index in [1.165, 1.54) is 25.7 Å². The van der Waals surface area contributed by atoms with Crippen molar-refractivity contribution >= 4 is 11.8 Å². The lowest BCUT2D eigenvalue weighted by Gasteiger charge is -2.35. The minimum atomic E-state index is -0.290. The van der Waals surface area contributed by atoms with Crippen LogP contribution in [0, 0.1) is 0 Å². The van der Waals surface area contributed by atoms with Gasteiger partial charge in [-0.2, -0.15) is 0 Å². The van der Waals surface area contributed by atoms with Gasteiger partial charge < -0.3 is 14.4 Å². The summed E-state index contributed by atoms with van der Waals surface area (Å²) in [5, 5.41) is 0. The molecule has 1 amide bonds. The molecule has 2 aliphatic heterocycles. The van der Waals surface area contributed by atoms with Crippen LogP contribution in [-0.2, 0) is 4.74 Å². The van der Waals surface area contributed by atoms with Crippen molar-refractivity contribution in [3.05, 3.63) is 36.7 Å². The highest BCUT2D eigenvalue weighted by Gasteiger charge is 2.28. The molecule has 1 aromatic carbocycles. The minimum Gasteiger partial charge on any atom is -0.460 e. The molecule has 1 aliphatic carbocycles. The van der Waals surface area contributed by atoms with Crippen LogP contribution < -0.4 is 9.64 Å². The van der Waals surface area contributed by atoms with Crippen molar-refractivity contribution in [3.8, 4) is 17.1 Å². The molecule has 0 unspecified atom stereocenters. The third-order valence-corrected chi connectivity index (χ3v) is 6.49. The number of likely N-dealkylation sites (tertiary alicyclic amines) is 1. The van der Waals surface area contributed by atoms with Crippen molar-refractivity contribution in [1.82, 2.24) is 14.9 Å². The van der Waals surface area contributed by atoms with E-state index >= 15 is 0 Å². The predicted molar refractivity (Wildman–Crippen MR) is 114 cm³/mol. The van der Waals surface area contributed by atoms with Gasteiger partial charge in [0, 0.05) is 42.8 Å². The number of anilines is 1. The maximum absolute atomic E-state index is 11.7. The zero-order valence-corrected chi connectivity index (χ0v) is 17.2. The number of benzene rings is 1. The first-order valence-corrected chi connectivity index (χ1v) is 11.0. The smallest absolute Gasteiger partial charge is 0.414 e. The number of hydrogen-bond acceptors (Lipinski definition) is 6. The molecule has 5 rings (SSSR count). The molecule has 2 aromatic rings. The zero-order chi connectivity index (χ0) is 20.3. The van der Waals surface area contributed by atoms with Crippen molar-refractivity contribution < 1.29 is 14.3 Å². The number of amides is 1. The lowest BCUT2D eigenvalue weighted by atomic mass is 10.0. The predicted octanol–water partition coefficient (Wildman–Crippen LogP) is 3.89. The average Bonchev–Trinajstić information content (AvgIpc) is 3.47. The Balaban J connectivity index is 1.16. The van der Waals surface area contributed by atoms with Crippen LogP contribution in [0.4, 0.5) is 10.5 Å². The van der Waals surface area contributed by atoms with Crippen LogP contribution in [0.15, 0.2) is 36.7 Å². The monoisotopic (exact) mass is 408 g/mol. The van der Waals surface area contributed by atoms with E-state index in [1.54, 1.807) is 17.3 Å². The van der Waals surface area contributed by atoms with Crippen molar-refractivity contribution in [2.45, 2.75) is 50.7 Å². The Bertz CT molecular complexity index is 857. The fraction of sp³-hybridized carbons (Fsp3) is 0.522. The molecule has 7 nitrogen and oxygen atoms in total. The van der Waals surface area contributed by atoms with E-state index in [-0.39, 0.29) is 12.2 Å². The van der Waals surface area contributed by atoms with E-state index in [2.05, 4.69) is 14.9 Å². The SMILES string of the molecule is O=C1OCCN1c1ccc(-c2cnc(OC3CCN(C4CCCC4)CC3)nc2)cc1. The van der Waals surface area contributed by atoms with Crippen molar-refractivity contribution in [3.63, 3.8) is 0 Å². The van der Waals surface area contributed by atoms with Gasteiger partial charge in [0.25, 0.3) is 0 Å². The van der Waals surface area contributed by atoms with Crippen LogP contribution in [0.25, 0.3) is 11.1 Å². The standard InChI is InChI=1S/C23H28N4O3/c28-23-27(13-14-29-23)20-7-5-17(6-8-20)18-15-24-22(25-16-18)30-21-9-11-26(12-10-21)19-3-1-2-4-19/h5-8,15-16,19,21H,1-4,9-14H2. The molecular formula is C23H28N4O3. The topological polar surface area (TPSA) is 67.8 Å². The summed E-state index contributed by atoms with van der Waals surface area (Å²) in [6, 6.07) is 9.03. The fourth-order valence-corrected chi connectivity index (χ4v) is 4.77. The Labute approximate surface area is 177 Å². The van der Waals surface area contributed by atoms with Gasteiger partial charge in [-0.05, 0) is 43.4 Å². The van der Waals surface area contributed by atoms with Crippen LogP contribution >= 0.6 is 0 Å². The van der Waals surface area contributed by atoms with Gasteiger partial charge in [-0.3, -0.25) is 4.90 Å². The number of nitrogens with zero attached hydrogens (tertiary/aromatic N) is 4. The molecular weight excluding hydrogens is 380 g/mol. The summed E-state index contributed by atoms with van der Waals surface area (Å²) in [4.78, 5) is 24.8. The summed E-state index contributed by atoms with van der Waals surface area (Å²) in [7, 11) is 0. The van der Waals surface area contributed by atoms with Gasteiger partial charge in [0.05, 0.1) is 6.54 Å². The number of carbonyl (C=O) groups excluding carboxylic acids is 1. The summed E-state index contributed by atoms with van der Waals surface area (Å²) in [6.45, 7) is 3.26. The van der Waals surface area contributed by atoms with E-state index in [4.69, 9.17) is 9.47 Å². The molecule has 0 spiro atoms. The Morgan fingerprint density at radius 3 is 2.23 bits per heavy atom. The first-order chi connectivity index (χ1) is 14.8. The molecule has 3 fully saturated rings. The highest BCUT2D eigenvalue weighted by atomic mass is 16.6. The summed E-state index contributed by atoms with van der Waals surface area (Å²) < 4.78 is 11.0. The van der Waals surface area contributed by atoms with E-state index in [1.807, 2.05) is 24.3 Å². The third-order valence-electron chi connectivity index (χ3n) is 6.49. The number of piperidine rings is 1. The molecule has 2 saturated heterocycles. The third kappa shape index (κ3) is 4.12. The molecule has 158 valence electrons. The van der Waals surface area contributed by atoms with Gasteiger partial charge in [0.2, 0.25) is 0 Å². The van der Waals surface area contributed by atoms with Gasteiger partial charge in [0.1, 0.15) is 12.7 Å². The lowest BCUT2D eigenvalue weighted by molar-refractivity contribution is 0.0710. The van der Waals surface area contributed by atoms with Crippen molar-refractivity contribution in [2.75, 3.05) is 31.1 Å². The second-order valence-electron chi connectivity index (χ2n) is 8.36. The molecule has 3 aliphatic rings. The molecule has 0 N–H and O–H groups in total. The number of carbonyl (C=O) groups is 1. The molecule has 0 bridgehead atoms. The largest absolute Gasteiger partial charge is 0.460 e. The lowest BCUT2D eigenvalue weighted by Crippen LogP contribution is -2.43.